The van der Waals surface area contributed by atoms with Crippen LogP contribution in [0.1, 0.15) is 21.7 Å². The minimum atomic E-state index is -0.954. The lowest BCUT2D eigenvalue weighted by molar-refractivity contribution is 0.0965. The molecule has 1 aromatic heterocycles. The normalized spacial score (nSPS) is 10.7. The maximum Gasteiger partial charge on any atom is 0.348 e. The third kappa shape index (κ3) is 3.07. The molecule has 0 saturated carbocycles. The van der Waals surface area contributed by atoms with Crippen molar-refractivity contribution < 1.29 is 13.6 Å². The van der Waals surface area contributed by atoms with Gasteiger partial charge in [0.25, 0.3) is 0 Å². The fourth-order valence-corrected chi connectivity index (χ4v) is 2.21. The molecule has 21 heavy (non-hydrogen) atoms. The van der Waals surface area contributed by atoms with E-state index in [1.54, 1.807) is 13.8 Å². The molecular weight excluding hydrogens is 346 g/mol. The molecule has 0 aliphatic heterocycles. The Hall–Kier alpha value is -1.89. The zero-order chi connectivity index (χ0) is 15.7. The van der Waals surface area contributed by atoms with Crippen LogP contribution in [0.4, 0.5) is 8.78 Å². The predicted octanol–water partition coefficient (Wildman–Crippen LogP) is 2.78. The lowest BCUT2D eigenvalue weighted by Crippen LogP contribution is -2.29. The van der Waals surface area contributed by atoms with Gasteiger partial charge < -0.3 is 0 Å². The topological polar surface area (TPSA) is 52.0 Å². The molecule has 7 heteroatoms. The van der Waals surface area contributed by atoms with E-state index in [4.69, 9.17) is 0 Å². The van der Waals surface area contributed by atoms with Gasteiger partial charge in [0.15, 0.2) is 5.78 Å². The Balaban J connectivity index is 2.41. The van der Waals surface area contributed by atoms with Gasteiger partial charge in [0.05, 0.1) is 22.3 Å². The van der Waals surface area contributed by atoms with Gasteiger partial charge in [0.2, 0.25) is 0 Å². The number of hydrogen-bond acceptors (Lipinski definition) is 3. The molecule has 0 unspecified atom stereocenters. The molecule has 0 radical (unpaired) electrons. The summed E-state index contributed by atoms with van der Waals surface area (Å²) < 4.78 is 28.2. The minimum absolute atomic E-state index is 0.264. The van der Waals surface area contributed by atoms with Gasteiger partial charge >= 0.3 is 5.69 Å². The number of carbonyl (C=O) groups excluding carboxylic acids is 1. The number of carbonyl (C=O) groups is 1. The van der Waals surface area contributed by atoms with Crippen LogP contribution in [-0.2, 0) is 6.54 Å². The standard InChI is InChI=1S/C14H11BrF2N2O2/c1-7-13(15)8(2)19(14(21)18-7)6-12(20)10-4-3-9(16)5-11(10)17/h3-5H,6H2,1-2H3. The number of nitrogens with zero attached hydrogens (tertiary/aromatic N) is 2. The molecule has 1 heterocycles. The molecule has 2 rings (SSSR count). The van der Waals surface area contributed by atoms with Crippen LogP contribution in [0.3, 0.4) is 0 Å². The Kier molecular flexibility index (Phi) is 4.32. The number of hydrogen-bond donors (Lipinski definition) is 0. The average molecular weight is 357 g/mol. The number of halogens is 3. The van der Waals surface area contributed by atoms with Crippen molar-refractivity contribution in [2.75, 3.05) is 0 Å². The Morgan fingerprint density at radius 2 is 2.00 bits per heavy atom. The smallest absolute Gasteiger partial charge is 0.292 e. The molecule has 0 atom stereocenters. The fraction of sp³-hybridized carbons (Fsp3) is 0.214. The van der Waals surface area contributed by atoms with Crippen molar-refractivity contribution in [1.82, 2.24) is 9.55 Å². The van der Waals surface area contributed by atoms with Crippen LogP contribution >= 0.6 is 15.9 Å². The minimum Gasteiger partial charge on any atom is -0.292 e. The first kappa shape index (κ1) is 15.5. The number of ketones is 1. The first-order valence-electron chi connectivity index (χ1n) is 6.03. The van der Waals surface area contributed by atoms with Crippen LogP contribution in [0.15, 0.2) is 27.5 Å². The largest absolute Gasteiger partial charge is 0.348 e. The zero-order valence-electron chi connectivity index (χ0n) is 11.3. The van der Waals surface area contributed by atoms with Crippen molar-refractivity contribution >= 4 is 21.7 Å². The van der Waals surface area contributed by atoms with E-state index in [0.717, 1.165) is 16.7 Å². The summed E-state index contributed by atoms with van der Waals surface area (Å²) in [4.78, 5) is 27.7. The van der Waals surface area contributed by atoms with Crippen molar-refractivity contribution in [2.45, 2.75) is 20.4 Å². The van der Waals surface area contributed by atoms with Crippen LogP contribution in [0.2, 0.25) is 0 Å². The van der Waals surface area contributed by atoms with E-state index >= 15 is 0 Å². The Labute approximate surface area is 127 Å². The summed E-state index contributed by atoms with van der Waals surface area (Å²) in [5.41, 5.74) is 0.168. The van der Waals surface area contributed by atoms with Gasteiger partial charge in [-0.15, -0.1) is 0 Å². The maximum absolute atomic E-state index is 13.6. The van der Waals surface area contributed by atoms with E-state index in [9.17, 15) is 18.4 Å². The van der Waals surface area contributed by atoms with Gasteiger partial charge in [-0.3, -0.25) is 9.36 Å². The molecule has 0 spiro atoms. The average Bonchev–Trinajstić information content (AvgIpc) is 2.41. The van der Waals surface area contributed by atoms with Crippen LogP contribution in [0, 0.1) is 25.5 Å². The molecular formula is C14H11BrF2N2O2. The molecule has 0 aliphatic rings. The van der Waals surface area contributed by atoms with E-state index in [1.165, 1.54) is 0 Å². The van der Waals surface area contributed by atoms with E-state index in [-0.39, 0.29) is 12.1 Å². The molecule has 0 aliphatic carbocycles. The number of benzene rings is 1. The van der Waals surface area contributed by atoms with Crippen LogP contribution < -0.4 is 5.69 Å². The summed E-state index contributed by atoms with van der Waals surface area (Å²) in [6.45, 7) is 2.94. The first-order chi connectivity index (χ1) is 9.81. The first-order valence-corrected chi connectivity index (χ1v) is 6.82. The Morgan fingerprint density at radius 3 is 2.62 bits per heavy atom. The summed E-state index contributed by atoms with van der Waals surface area (Å²) in [6.07, 6.45) is 0. The molecule has 0 amide bonds. The second-order valence-electron chi connectivity index (χ2n) is 4.51. The SMILES string of the molecule is Cc1nc(=O)n(CC(=O)c2ccc(F)cc2F)c(C)c1Br. The summed E-state index contributed by atoms with van der Waals surface area (Å²) in [5.74, 6) is -2.35. The van der Waals surface area contributed by atoms with Crippen molar-refractivity contribution in [3.8, 4) is 0 Å². The van der Waals surface area contributed by atoms with Gasteiger partial charge in [-0.05, 0) is 41.9 Å². The van der Waals surface area contributed by atoms with Crippen molar-refractivity contribution in [1.29, 1.82) is 0 Å². The summed E-state index contributed by atoms with van der Waals surface area (Å²) in [7, 11) is 0. The molecule has 0 saturated heterocycles. The molecule has 4 nitrogen and oxygen atoms in total. The molecule has 110 valence electrons. The number of aromatic nitrogens is 2. The van der Waals surface area contributed by atoms with Gasteiger partial charge in [-0.2, -0.15) is 4.98 Å². The van der Waals surface area contributed by atoms with Gasteiger partial charge in [-0.25, -0.2) is 13.6 Å². The molecule has 0 fully saturated rings. The van der Waals surface area contributed by atoms with Crippen molar-refractivity contribution in [2.24, 2.45) is 0 Å². The van der Waals surface area contributed by atoms with Gasteiger partial charge in [0.1, 0.15) is 11.6 Å². The number of aryl methyl sites for hydroxylation is 1. The van der Waals surface area contributed by atoms with Gasteiger partial charge in [0, 0.05) is 11.8 Å². The van der Waals surface area contributed by atoms with E-state index in [1.807, 2.05) is 0 Å². The highest BCUT2D eigenvalue weighted by Gasteiger charge is 2.16. The quantitative estimate of drug-likeness (QED) is 0.794. The summed E-state index contributed by atoms with van der Waals surface area (Å²) in [6, 6.07) is 2.69. The van der Waals surface area contributed by atoms with E-state index < -0.39 is 23.1 Å². The zero-order valence-corrected chi connectivity index (χ0v) is 12.9. The monoisotopic (exact) mass is 356 g/mol. The molecule has 1 aromatic carbocycles. The lowest BCUT2D eigenvalue weighted by atomic mass is 10.1. The lowest BCUT2D eigenvalue weighted by Gasteiger charge is -2.11. The molecule has 0 bridgehead atoms. The summed E-state index contributed by atoms with van der Waals surface area (Å²) >= 11 is 3.28. The Morgan fingerprint density at radius 1 is 1.33 bits per heavy atom. The van der Waals surface area contributed by atoms with Crippen molar-refractivity contribution in [3.05, 3.63) is 61.7 Å². The van der Waals surface area contributed by atoms with Crippen LogP contribution in [0.5, 0.6) is 0 Å². The summed E-state index contributed by atoms with van der Waals surface area (Å²) in [5, 5.41) is 0. The van der Waals surface area contributed by atoms with Crippen LogP contribution in [0.25, 0.3) is 0 Å². The maximum atomic E-state index is 13.6. The Bertz CT molecular complexity index is 787. The third-order valence-corrected chi connectivity index (χ3v) is 4.22. The second-order valence-corrected chi connectivity index (χ2v) is 5.31. The van der Waals surface area contributed by atoms with E-state index in [2.05, 4.69) is 20.9 Å². The van der Waals surface area contributed by atoms with Gasteiger partial charge in [-0.1, -0.05) is 0 Å². The molecule has 0 N–H and O–H groups in total. The van der Waals surface area contributed by atoms with Crippen LogP contribution in [-0.4, -0.2) is 15.3 Å². The highest BCUT2D eigenvalue weighted by Crippen LogP contribution is 2.17. The second kappa shape index (κ2) is 5.85. The van der Waals surface area contributed by atoms with Crippen molar-refractivity contribution in [3.63, 3.8) is 0 Å². The number of Topliss-reactive ketones (excluding diaryl/α,β-unsaturated/α-hetero) is 1. The highest BCUT2D eigenvalue weighted by atomic mass is 79.9. The van der Waals surface area contributed by atoms with E-state index in [0.29, 0.717) is 21.9 Å². The molecule has 2 aromatic rings. The third-order valence-electron chi connectivity index (χ3n) is 3.07. The highest BCUT2D eigenvalue weighted by molar-refractivity contribution is 9.10. The number of rotatable bonds is 3. The fourth-order valence-electron chi connectivity index (χ4n) is 1.91. The predicted molar refractivity (Wildman–Crippen MR) is 76.4 cm³/mol.